The van der Waals surface area contributed by atoms with Crippen LogP contribution in [0.25, 0.3) is 0 Å². The summed E-state index contributed by atoms with van der Waals surface area (Å²) in [6.45, 7) is 9.82. The van der Waals surface area contributed by atoms with Gasteiger partial charge in [0.15, 0.2) is 5.54 Å². The molecular weight excluding hydrogens is 310 g/mol. The van der Waals surface area contributed by atoms with Crippen molar-refractivity contribution in [3.8, 4) is 0 Å². The molecule has 0 saturated carbocycles. The van der Waals surface area contributed by atoms with Crippen molar-refractivity contribution in [2.75, 3.05) is 14.1 Å². The first-order valence-electron chi connectivity index (χ1n) is 10.4. The molecule has 0 fully saturated rings. The molecule has 25 heavy (non-hydrogen) atoms. The molecule has 1 N–H and O–H groups in total. The molecule has 0 bridgehead atoms. The van der Waals surface area contributed by atoms with Crippen LogP contribution in [0.4, 0.5) is 0 Å². The Kier molecular flexibility index (Phi) is 12.1. The van der Waals surface area contributed by atoms with Gasteiger partial charge in [-0.2, -0.15) is 0 Å². The molecule has 3 heteroatoms. The van der Waals surface area contributed by atoms with Crippen molar-refractivity contribution in [2.24, 2.45) is 0 Å². The van der Waals surface area contributed by atoms with Crippen molar-refractivity contribution in [2.45, 2.75) is 109 Å². The van der Waals surface area contributed by atoms with Crippen LogP contribution in [-0.2, 0) is 4.79 Å². The zero-order valence-electron chi connectivity index (χ0n) is 17.6. The molecule has 0 aromatic heterocycles. The summed E-state index contributed by atoms with van der Waals surface area (Å²) in [5, 5.41) is 9.60. The minimum absolute atomic E-state index is 0.317. The average Bonchev–Trinajstić information content (AvgIpc) is 2.55. The maximum absolute atomic E-state index is 11.7. The molecule has 148 valence electrons. The Labute approximate surface area is 157 Å². The second kappa shape index (κ2) is 12.5. The summed E-state index contributed by atoms with van der Waals surface area (Å²) >= 11 is 0. The van der Waals surface area contributed by atoms with E-state index in [4.69, 9.17) is 0 Å². The number of aliphatic carboxylic acids is 1. The Morgan fingerprint density at radius 1 is 1.00 bits per heavy atom. The largest absolute Gasteiger partial charge is 0.477 e. The molecule has 3 nitrogen and oxygen atoms in total. The molecule has 1 unspecified atom stereocenters. The van der Waals surface area contributed by atoms with Crippen LogP contribution in [0.5, 0.6) is 0 Å². The Morgan fingerprint density at radius 2 is 1.44 bits per heavy atom. The maximum Gasteiger partial charge on any atom is 0.365 e. The highest BCUT2D eigenvalue weighted by Gasteiger charge is 2.47. The number of unbranched alkanes of at least 4 members (excludes halogenated alkanes) is 9. The Bertz CT molecular complexity index is 374. The van der Waals surface area contributed by atoms with Crippen LogP contribution in [0.3, 0.4) is 0 Å². The van der Waals surface area contributed by atoms with Gasteiger partial charge in [-0.25, -0.2) is 4.79 Å². The number of likely N-dealkylation sites (N-methyl/N-ethyl adjacent to an activating group) is 1. The van der Waals surface area contributed by atoms with Gasteiger partial charge < -0.3 is 9.59 Å². The fourth-order valence-electron chi connectivity index (χ4n) is 3.47. The molecule has 0 amide bonds. The van der Waals surface area contributed by atoms with E-state index in [1.165, 1.54) is 64.2 Å². The molecule has 0 aliphatic heterocycles. The molecular formula is C22H44NO2+. The van der Waals surface area contributed by atoms with Crippen LogP contribution in [0.15, 0.2) is 12.7 Å². The van der Waals surface area contributed by atoms with Gasteiger partial charge in [-0.05, 0) is 12.8 Å². The number of carbonyl (C=O) groups is 1. The van der Waals surface area contributed by atoms with Gasteiger partial charge in [-0.1, -0.05) is 70.8 Å². The summed E-state index contributed by atoms with van der Waals surface area (Å²) in [7, 11) is 4.11. The SMILES string of the molecule is C=CCC(CCCCCCCCCCCC)[N+](C)(C)C(C)(C)C(=O)O. The molecule has 0 aromatic carbocycles. The van der Waals surface area contributed by atoms with Crippen molar-refractivity contribution in [1.29, 1.82) is 0 Å². The smallest absolute Gasteiger partial charge is 0.365 e. The quantitative estimate of drug-likeness (QED) is 0.204. The maximum atomic E-state index is 11.7. The van der Waals surface area contributed by atoms with Crippen LogP contribution in [0, 0.1) is 0 Å². The number of quaternary nitrogens is 1. The fraction of sp³-hybridized carbons (Fsp3) is 0.864. The standard InChI is InChI=1S/C22H43NO2/c1-7-9-10-11-12-13-14-15-16-17-19-20(18-8-2)23(5,6)22(3,4)21(24)25/h8,20H,2,7,9-19H2,1,3-6H3/p+1. The van der Waals surface area contributed by atoms with Gasteiger partial charge in [0.1, 0.15) is 0 Å². The highest BCUT2D eigenvalue weighted by molar-refractivity contribution is 5.76. The first kappa shape index (κ1) is 24.2. The number of hydrogen-bond donors (Lipinski definition) is 1. The van der Waals surface area contributed by atoms with Crippen molar-refractivity contribution in [3.05, 3.63) is 12.7 Å². The topological polar surface area (TPSA) is 37.3 Å². The van der Waals surface area contributed by atoms with Gasteiger partial charge in [0.05, 0.1) is 20.1 Å². The molecule has 0 rings (SSSR count). The lowest BCUT2D eigenvalue weighted by Gasteiger charge is -2.47. The lowest BCUT2D eigenvalue weighted by atomic mass is 9.92. The fourth-order valence-corrected chi connectivity index (χ4v) is 3.47. The third-order valence-electron chi connectivity index (χ3n) is 6.21. The minimum Gasteiger partial charge on any atom is -0.477 e. The highest BCUT2D eigenvalue weighted by atomic mass is 16.4. The van der Waals surface area contributed by atoms with Gasteiger partial charge in [0.2, 0.25) is 0 Å². The normalized spacial score (nSPS) is 13.6. The van der Waals surface area contributed by atoms with Crippen molar-refractivity contribution in [1.82, 2.24) is 0 Å². The van der Waals surface area contributed by atoms with Crippen molar-refractivity contribution < 1.29 is 14.4 Å². The number of carboxylic acid groups (broad SMARTS) is 1. The molecule has 0 radical (unpaired) electrons. The van der Waals surface area contributed by atoms with E-state index < -0.39 is 11.5 Å². The Hall–Kier alpha value is -0.830. The van der Waals surface area contributed by atoms with E-state index in [0.29, 0.717) is 10.5 Å². The van der Waals surface area contributed by atoms with E-state index in [1.54, 1.807) is 0 Å². The van der Waals surface area contributed by atoms with Crippen LogP contribution < -0.4 is 0 Å². The number of hydrogen-bond acceptors (Lipinski definition) is 1. The summed E-state index contributed by atoms with van der Waals surface area (Å²) in [6.07, 6.45) is 17.2. The second-order valence-corrected chi connectivity index (χ2v) is 8.55. The zero-order valence-corrected chi connectivity index (χ0v) is 17.6. The third-order valence-corrected chi connectivity index (χ3v) is 6.21. The molecule has 0 saturated heterocycles. The summed E-state index contributed by atoms with van der Waals surface area (Å²) in [6, 6.07) is 0.317. The lowest BCUT2D eigenvalue weighted by molar-refractivity contribution is -0.951. The van der Waals surface area contributed by atoms with Gasteiger partial charge >= 0.3 is 5.97 Å². The highest BCUT2D eigenvalue weighted by Crippen LogP contribution is 2.29. The lowest BCUT2D eigenvalue weighted by Crippen LogP contribution is -2.65. The first-order valence-corrected chi connectivity index (χ1v) is 10.4. The molecule has 0 aromatic rings. The zero-order chi connectivity index (χ0) is 19.3. The number of rotatable bonds is 16. The van der Waals surface area contributed by atoms with E-state index in [-0.39, 0.29) is 0 Å². The predicted molar refractivity (Wildman–Crippen MR) is 109 cm³/mol. The summed E-state index contributed by atoms with van der Waals surface area (Å²) in [4.78, 5) is 11.7. The molecule has 1 atom stereocenters. The number of carboxylic acids is 1. The summed E-state index contributed by atoms with van der Waals surface area (Å²) in [5.41, 5.74) is -0.786. The summed E-state index contributed by atoms with van der Waals surface area (Å²) in [5.74, 6) is -0.727. The summed E-state index contributed by atoms with van der Waals surface area (Å²) < 4.78 is 0.506. The van der Waals surface area contributed by atoms with Gasteiger partial charge in [0.25, 0.3) is 0 Å². The van der Waals surface area contributed by atoms with E-state index >= 15 is 0 Å². The third kappa shape index (κ3) is 8.40. The second-order valence-electron chi connectivity index (χ2n) is 8.55. The van der Waals surface area contributed by atoms with Crippen molar-refractivity contribution in [3.63, 3.8) is 0 Å². The Morgan fingerprint density at radius 3 is 1.84 bits per heavy atom. The van der Waals surface area contributed by atoms with Gasteiger partial charge in [0, 0.05) is 20.3 Å². The van der Waals surface area contributed by atoms with Crippen molar-refractivity contribution >= 4 is 5.97 Å². The Balaban J connectivity index is 4.17. The first-order chi connectivity index (χ1) is 11.7. The monoisotopic (exact) mass is 354 g/mol. The molecule has 0 spiro atoms. The minimum atomic E-state index is -0.786. The van der Waals surface area contributed by atoms with E-state index in [9.17, 15) is 9.90 Å². The van der Waals surface area contributed by atoms with E-state index in [1.807, 2.05) is 19.9 Å². The van der Waals surface area contributed by atoms with Crippen LogP contribution >= 0.6 is 0 Å². The van der Waals surface area contributed by atoms with Crippen LogP contribution in [0.2, 0.25) is 0 Å². The van der Waals surface area contributed by atoms with Gasteiger partial charge in [-0.3, -0.25) is 0 Å². The van der Waals surface area contributed by atoms with E-state index in [2.05, 4.69) is 27.6 Å². The molecule has 0 aliphatic carbocycles. The number of nitrogens with zero attached hydrogens (tertiary/aromatic N) is 1. The van der Waals surface area contributed by atoms with E-state index in [0.717, 1.165) is 12.8 Å². The van der Waals surface area contributed by atoms with Crippen LogP contribution in [-0.4, -0.2) is 41.2 Å². The van der Waals surface area contributed by atoms with Gasteiger partial charge in [-0.15, -0.1) is 6.58 Å². The average molecular weight is 355 g/mol. The van der Waals surface area contributed by atoms with Crippen LogP contribution in [0.1, 0.15) is 97.8 Å². The predicted octanol–water partition coefficient (Wildman–Crippen LogP) is 6.18. The molecule has 0 aliphatic rings. The molecule has 0 heterocycles.